The van der Waals surface area contributed by atoms with E-state index in [4.69, 9.17) is 0 Å². The van der Waals surface area contributed by atoms with Crippen LogP contribution in [0.5, 0.6) is 0 Å². The molecule has 4 heteroatoms. The number of aliphatic hydroxyl groups is 3. The van der Waals surface area contributed by atoms with Gasteiger partial charge < -0.3 is 15.3 Å². The highest BCUT2D eigenvalue weighted by molar-refractivity contribution is 5.82. The maximum absolute atomic E-state index is 12.2. The molecule has 2 aliphatic rings. The molecule has 5 atom stereocenters. The lowest BCUT2D eigenvalue weighted by molar-refractivity contribution is -0.172. The van der Waals surface area contributed by atoms with Gasteiger partial charge in [-0.1, -0.05) is 13.8 Å². The Balaban J connectivity index is 2.37. The lowest BCUT2D eigenvalue weighted by Crippen LogP contribution is -2.58. The first-order valence-corrected chi connectivity index (χ1v) is 7.32. The second kappa shape index (κ2) is 5.15. The van der Waals surface area contributed by atoms with Crippen molar-refractivity contribution in [2.75, 3.05) is 13.2 Å². The van der Waals surface area contributed by atoms with Crippen molar-refractivity contribution >= 4 is 5.78 Å². The zero-order valence-corrected chi connectivity index (χ0v) is 11.9. The van der Waals surface area contributed by atoms with Crippen LogP contribution >= 0.6 is 0 Å². The number of Topliss-reactive ketones (excluding diaryl/α,β-unsaturated/α-hetero) is 1. The zero-order chi connectivity index (χ0) is 14.3. The summed E-state index contributed by atoms with van der Waals surface area (Å²) in [6.07, 6.45) is 2.67. The van der Waals surface area contributed by atoms with E-state index in [1.807, 2.05) is 6.92 Å². The first kappa shape index (κ1) is 14.9. The molecule has 0 bridgehead atoms. The van der Waals surface area contributed by atoms with Gasteiger partial charge in [0.05, 0.1) is 12.7 Å². The third kappa shape index (κ3) is 2.14. The topological polar surface area (TPSA) is 77.8 Å². The standard InChI is InChI=1S/C15H26O4/c1-14-7-5-13(19)15(2,9-17)12(14)4-3-11(18)10(14)6-8-16/h10,12-13,16-17,19H,3-9H2,1-2H3. The molecular formula is C15H26O4. The lowest BCUT2D eigenvalue weighted by Gasteiger charge is -2.58. The molecule has 0 spiro atoms. The summed E-state index contributed by atoms with van der Waals surface area (Å²) in [5, 5.41) is 29.3. The molecule has 2 rings (SSSR count). The van der Waals surface area contributed by atoms with Crippen molar-refractivity contribution in [1.29, 1.82) is 0 Å². The fourth-order valence-corrected chi connectivity index (χ4v) is 4.68. The van der Waals surface area contributed by atoms with Crippen LogP contribution in [0, 0.1) is 22.7 Å². The average Bonchev–Trinajstić information content (AvgIpc) is 2.39. The third-order valence-corrected chi connectivity index (χ3v) is 5.93. The van der Waals surface area contributed by atoms with Crippen molar-refractivity contribution in [2.45, 2.75) is 52.1 Å². The predicted molar refractivity (Wildman–Crippen MR) is 71.5 cm³/mol. The summed E-state index contributed by atoms with van der Waals surface area (Å²) in [5.41, 5.74) is -0.726. The van der Waals surface area contributed by atoms with E-state index >= 15 is 0 Å². The summed E-state index contributed by atoms with van der Waals surface area (Å²) >= 11 is 0. The molecule has 2 fully saturated rings. The summed E-state index contributed by atoms with van der Waals surface area (Å²) in [6, 6.07) is 0. The summed E-state index contributed by atoms with van der Waals surface area (Å²) in [7, 11) is 0. The zero-order valence-electron chi connectivity index (χ0n) is 11.9. The quantitative estimate of drug-likeness (QED) is 0.718. The summed E-state index contributed by atoms with van der Waals surface area (Å²) in [6.45, 7) is 4.02. The molecule has 4 nitrogen and oxygen atoms in total. The Hall–Kier alpha value is -0.450. The van der Waals surface area contributed by atoms with E-state index in [9.17, 15) is 20.1 Å². The first-order valence-electron chi connectivity index (χ1n) is 7.32. The average molecular weight is 270 g/mol. The van der Waals surface area contributed by atoms with Crippen LogP contribution in [0.15, 0.2) is 0 Å². The minimum absolute atomic E-state index is 0.0249. The van der Waals surface area contributed by atoms with Gasteiger partial charge in [0.15, 0.2) is 0 Å². The van der Waals surface area contributed by atoms with Crippen LogP contribution < -0.4 is 0 Å². The number of hydrogen-bond donors (Lipinski definition) is 3. The Bertz CT molecular complexity index is 356. The van der Waals surface area contributed by atoms with Crippen molar-refractivity contribution < 1.29 is 20.1 Å². The first-order chi connectivity index (χ1) is 8.90. The highest BCUT2D eigenvalue weighted by Gasteiger charge is 2.58. The molecule has 0 aromatic rings. The normalized spacial score (nSPS) is 47.0. The fourth-order valence-electron chi connectivity index (χ4n) is 4.68. The van der Waals surface area contributed by atoms with E-state index in [0.717, 1.165) is 12.8 Å². The van der Waals surface area contributed by atoms with Crippen molar-refractivity contribution in [1.82, 2.24) is 0 Å². The van der Waals surface area contributed by atoms with E-state index in [-0.39, 0.29) is 36.2 Å². The molecule has 5 unspecified atom stereocenters. The SMILES string of the molecule is CC1(CO)C(O)CCC2(C)C(CCO)C(=O)CCC12. The molecule has 2 saturated carbocycles. The number of ketones is 1. The maximum Gasteiger partial charge on any atom is 0.136 e. The van der Waals surface area contributed by atoms with Gasteiger partial charge in [-0.2, -0.15) is 0 Å². The van der Waals surface area contributed by atoms with Crippen LogP contribution in [-0.2, 0) is 4.79 Å². The van der Waals surface area contributed by atoms with E-state index < -0.39 is 11.5 Å². The Morgan fingerprint density at radius 1 is 1.26 bits per heavy atom. The molecular weight excluding hydrogens is 244 g/mol. The smallest absolute Gasteiger partial charge is 0.136 e. The van der Waals surface area contributed by atoms with Gasteiger partial charge in [0.1, 0.15) is 5.78 Å². The molecule has 0 saturated heterocycles. The van der Waals surface area contributed by atoms with Gasteiger partial charge in [0.25, 0.3) is 0 Å². The minimum Gasteiger partial charge on any atom is -0.396 e. The molecule has 2 aliphatic carbocycles. The second-order valence-electron chi connectivity index (χ2n) is 6.85. The minimum atomic E-state index is -0.526. The Kier molecular flexibility index (Phi) is 4.05. The summed E-state index contributed by atoms with van der Waals surface area (Å²) in [4.78, 5) is 12.2. The van der Waals surface area contributed by atoms with Gasteiger partial charge in [0.2, 0.25) is 0 Å². The maximum atomic E-state index is 12.2. The Labute approximate surface area is 114 Å². The highest BCUT2D eigenvalue weighted by Crippen LogP contribution is 2.59. The van der Waals surface area contributed by atoms with Crippen molar-refractivity contribution in [3.8, 4) is 0 Å². The van der Waals surface area contributed by atoms with Crippen LogP contribution in [0.3, 0.4) is 0 Å². The van der Waals surface area contributed by atoms with Crippen LogP contribution in [0.2, 0.25) is 0 Å². The molecule has 0 aromatic heterocycles. The number of carbonyl (C=O) groups excluding carboxylic acids is 1. The van der Waals surface area contributed by atoms with Crippen LogP contribution in [-0.4, -0.2) is 40.4 Å². The van der Waals surface area contributed by atoms with E-state index in [2.05, 4.69) is 6.92 Å². The fraction of sp³-hybridized carbons (Fsp3) is 0.933. The van der Waals surface area contributed by atoms with E-state index in [1.165, 1.54) is 0 Å². The molecule has 19 heavy (non-hydrogen) atoms. The second-order valence-corrected chi connectivity index (χ2v) is 6.85. The van der Waals surface area contributed by atoms with Crippen molar-refractivity contribution in [2.24, 2.45) is 22.7 Å². The van der Waals surface area contributed by atoms with Crippen LogP contribution in [0.25, 0.3) is 0 Å². The molecule has 0 radical (unpaired) electrons. The largest absolute Gasteiger partial charge is 0.396 e. The van der Waals surface area contributed by atoms with E-state index in [1.54, 1.807) is 0 Å². The van der Waals surface area contributed by atoms with Gasteiger partial charge in [-0.3, -0.25) is 4.79 Å². The van der Waals surface area contributed by atoms with Crippen LogP contribution in [0.1, 0.15) is 46.0 Å². The molecule has 0 aromatic carbocycles. The number of carbonyl (C=O) groups is 1. The lowest BCUT2D eigenvalue weighted by atomic mass is 9.46. The third-order valence-electron chi connectivity index (χ3n) is 5.93. The Morgan fingerprint density at radius 2 is 1.95 bits per heavy atom. The number of fused-ring (bicyclic) bond motifs is 1. The van der Waals surface area contributed by atoms with Gasteiger partial charge in [-0.15, -0.1) is 0 Å². The molecule has 0 amide bonds. The molecule has 3 N–H and O–H groups in total. The monoisotopic (exact) mass is 270 g/mol. The van der Waals surface area contributed by atoms with Gasteiger partial charge >= 0.3 is 0 Å². The molecule has 0 aliphatic heterocycles. The van der Waals surface area contributed by atoms with Crippen LogP contribution in [0.4, 0.5) is 0 Å². The number of aliphatic hydroxyl groups excluding tert-OH is 3. The molecule has 110 valence electrons. The summed E-state index contributed by atoms with van der Waals surface area (Å²) < 4.78 is 0. The van der Waals surface area contributed by atoms with Gasteiger partial charge in [-0.05, 0) is 37.0 Å². The Morgan fingerprint density at radius 3 is 2.53 bits per heavy atom. The van der Waals surface area contributed by atoms with Crippen molar-refractivity contribution in [3.05, 3.63) is 0 Å². The summed E-state index contributed by atoms with van der Waals surface area (Å²) in [5.74, 6) is 0.252. The van der Waals surface area contributed by atoms with E-state index in [0.29, 0.717) is 19.3 Å². The number of rotatable bonds is 3. The van der Waals surface area contributed by atoms with Gasteiger partial charge in [-0.25, -0.2) is 0 Å². The predicted octanol–water partition coefficient (Wildman–Crippen LogP) is 1.12. The van der Waals surface area contributed by atoms with Gasteiger partial charge in [0, 0.05) is 24.4 Å². The van der Waals surface area contributed by atoms with Crippen molar-refractivity contribution in [3.63, 3.8) is 0 Å². The highest BCUT2D eigenvalue weighted by atomic mass is 16.3. The number of hydrogen-bond acceptors (Lipinski definition) is 4. The molecule has 0 heterocycles.